The molecule has 0 atom stereocenters. The van der Waals surface area contributed by atoms with Gasteiger partial charge >= 0.3 is 37.1 Å². The molecule has 0 amide bonds. The van der Waals surface area contributed by atoms with Crippen LogP contribution in [0.15, 0.2) is 152 Å². The minimum absolute atomic E-state index is 0.0101. The van der Waals surface area contributed by atoms with Gasteiger partial charge in [-0.1, -0.05) is 72.8 Å². The van der Waals surface area contributed by atoms with Crippen molar-refractivity contribution >= 4 is 43.6 Å². The van der Waals surface area contributed by atoms with Gasteiger partial charge in [-0.15, -0.1) is 0 Å². The quantitative estimate of drug-likeness (QED) is 0.158. The number of fused-ring (bicyclic) bond motifs is 6. The van der Waals surface area contributed by atoms with Crippen molar-refractivity contribution in [1.82, 2.24) is 9.13 Å². The molecule has 0 bridgehead atoms. The summed E-state index contributed by atoms with van der Waals surface area (Å²) in [5.74, 6) is 0. The summed E-state index contributed by atoms with van der Waals surface area (Å²) in [5, 5.41) is 12.0. The molecule has 0 aliphatic rings. The SMILES string of the molecule is N#Cc1cc(-n2c3ccccc3c3ccc(-c4ccc(C(F)(F)F)cc4C(F)(F)F)cc32)c(-n2c3ccccc3c3ccc(-c4ccc(C(F)(F)F)cc4C(F)(F)F)cc32)cc1-c1cc(C(F)(F)F)cc(C(F)(F)F)c1. The molecule has 386 valence electrons. The van der Waals surface area contributed by atoms with Crippen molar-refractivity contribution in [3.05, 3.63) is 191 Å². The molecule has 0 radical (unpaired) electrons. The third kappa shape index (κ3) is 8.88. The van der Waals surface area contributed by atoms with Gasteiger partial charge in [0.25, 0.3) is 0 Å². The zero-order chi connectivity index (χ0) is 54.8. The van der Waals surface area contributed by atoms with Gasteiger partial charge in [0.15, 0.2) is 0 Å². The lowest BCUT2D eigenvalue weighted by Gasteiger charge is -2.21. The van der Waals surface area contributed by atoms with E-state index in [1.165, 1.54) is 63.7 Å². The van der Waals surface area contributed by atoms with Crippen LogP contribution in [0, 0.1) is 11.3 Å². The zero-order valence-corrected chi connectivity index (χ0v) is 37.6. The largest absolute Gasteiger partial charge is 0.417 e. The maximum absolute atomic E-state index is 14.7. The highest BCUT2D eigenvalue weighted by molar-refractivity contribution is 6.13. The van der Waals surface area contributed by atoms with Crippen LogP contribution in [-0.2, 0) is 37.1 Å². The van der Waals surface area contributed by atoms with Gasteiger partial charge in [-0.25, -0.2) is 0 Å². The maximum Gasteiger partial charge on any atom is 0.417 e. The summed E-state index contributed by atoms with van der Waals surface area (Å²) < 4.78 is 260. The second kappa shape index (κ2) is 17.3. The average Bonchev–Trinajstić information content (AvgIpc) is 3.86. The molecule has 10 aromatic rings. The number of alkyl halides is 18. The predicted octanol–water partition coefficient (Wildman–Crippen LogP) is 18.9. The molecule has 2 aromatic heterocycles. The van der Waals surface area contributed by atoms with E-state index in [0.717, 1.165) is 18.2 Å². The van der Waals surface area contributed by atoms with E-state index >= 15 is 0 Å². The van der Waals surface area contributed by atoms with Crippen molar-refractivity contribution < 1.29 is 79.0 Å². The summed E-state index contributed by atoms with van der Waals surface area (Å²) in [6, 6.07) is 26.1. The lowest BCUT2D eigenvalue weighted by Crippen LogP contribution is -2.12. The molecule has 2 heterocycles. The van der Waals surface area contributed by atoms with Gasteiger partial charge in [-0.2, -0.15) is 84.3 Å². The third-order valence-electron chi connectivity index (χ3n) is 12.9. The first kappa shape index (κ1) is 51.1. The van der Waals surface area contributed by atoms with Gasteiger partial charge in [0.1, 0.15) is 0 Å². The van der Waals surface area contributed by atoms with Crippen LogP contribution in [0.2, 0.25) is 0 Å². The van der Waals surface area contributed by atoms with Crippen LogP contribution >= 0.6 is 0 Å². The van der Waals surface area contributed by atoms with E-state index in [9.17, 15) is 84.3 Å². The Hall–Kier alpha value is -8.41. The number of nitrogens with zero attached hydrogens (tertiary/aromatic N) is 3. The number of nitriles is 1. The highest BCUT2D eigenvalue weighted by Crippen LogP contribution is 2.48. The van der Waals surface area contributed by atoms with Gasteiger partial charge in [0.2, 0.25) is 0 Å². The normalized spacial score (nSPS) is 13.1. The van der Waals surface area contributed by atoms with E-state index in [2.05, 4.69) is 0 Å². The summed E-state index contributed by atoms with van der Waals surface area (Å²) in [6.45, 7) is 0. The number of benzene rings is 8. The topological polar surface area (TPSA) is 33.6 Å². The first-order valence-electron chi connectivity index (χ1n) is 22.0. The minimum Gasteiger partial charge on any atom is -0.307 e. The predicted molar refractivity (Wildman–Crippen MR) is 246 cm³/mol. The molecule has 8 aromatic carbocycles. The van der Waals surface area contributed by atoms with Crippen LogP contribution in [0.3, 0.4) is 0 Å². The van der Waals surface area contributed by atoms with Crippen LogP contribution in [0.1, 0.15) is 38.9 Å². The van der Waals surface area contributed by atoms with E-state index in [1.54, 1.807) is 24.3 Å². The van der Waals surface area contributed by atoms with Crippen LogP contribution in [0.5, 0.6) is 0 Å². The van der Waals surface area contributed by atoms with Crippen molar-refractivity contribution in [2.45, 2.75) is 37.1 Å². The summed E-state index contributed by atoms with van der Waals surface area (Å²) >= 11 is 0. The van der Waals surface area contributed by atoms with Crippen molar-refractivity contribution in [1.29, 1.82) is 5.26 Å². The molecule has 3 nitrogen and oxygen atoms in total. The lowest BCUT2D eigenvalue weighted by atomic mass is 9.94. The van der Waals surface area contributed by atoms with Gasteiger partial charge in [0, 0.05) is 27.1 Å². The monoisotopic (exact) mass is 1070 g/mol. The molecule has 0 unspecified atom stereocenters. The Morgan fingerprint density at radius 3 is 1.07 bits per heavy atom. The number of halogens is 18. The Labute approximate surface area is 414 Å². The van der Waals surface area contributed by atoms with Crippen molar-refractivity contribution in [2.24, 2.45) is 0 Å². The van der Waals surface area contributed by atoms with E-state index in [1.807, 2.05) is 6.07 Å². The second-order valence-electron chi connectivity index (χ2n) is 17.5. The fraction of sp³-hybridized carbons (Fsp3) is 0.109. The van der Waals surface area contributed by atoms with Crippen molar-refractivity contribution in [3.8, 4) is 50.8 Å². The molecule has 0 spiro atoms. The van der Waals surface area contributed by atoms with Crippen molar-refractivity contribution in [2.75, 3.05) is 0 Å². The first-order valence-corrected chi connectivity index (χ1v) is 22.0. The summed E-state index contributed by atoms with van der Waals surface area (Å²) in [7, 11) is 0. The molecule has 0 saturated heterocycles. The lowest BCUT2D eigenvalue weighted by molar-refractivity contribution is -0.144. The van der Waals surface area contributed by atoms with Gasteiger partial charge in [0.05, 0.1) is 78.5 Å². The Kier molecular flexibility index (Phi) is 11.6. The fourth-order valence-electron chi connectivity index (χ4n) is 9.59. The van der Waals surface area contributed by atoms with Gasteiger partial charge in [-0.3, -0.25) is 0 Å². The van der Waals surface area contributed by atoms with Crippen LogP contribution < -0.4 is 0 Å². The van der Waals surface area contributed by atoms with E-state index in [0.29, 0.717) is 47.2 Å². The molecular formula is C55H25F18N3. The Morgan fingerprint density at radius 2 is 0.684 bits per heavy atom. The molecule has 0 N–H and O–H groups in total. The molecule has 0 saturated carbocycles. The average molecular weight is 1070 g/mol. The molecule has 10 rings (SSSR count). The highest BCUT2D eigenvalue weighted by Gasteiger charge is 2.41. The number of aromatic nitrogens is 2. The second-order valence-corrected chi connectivity index (χ2v) is 17.5. The van der Waals surface area contributed by atoms with Crippen molar-refractivity contribution in [3.63, 3.8) is 0 Å². The Bertz CT molecular complexity index is 4010. The minimum atomic E-state index is -5.39. The zero-order valence-electron chi connectivity index (χ0n) is 37.6. The summed E-state index contributed by atoms with van der Waals surface area (Å²) in [5.41, 5.74) is -14.2. The molecule has 21 heteroatoms. The molecule has 0 aliphatic carbocycles. The Morgan fingerprint density at radius 1 is 0.303 bits per heavy atom. The molecular weight excluding hydrogens is 1040 g/mol. The molecule has 76 heavy (non-hydrogen) atoms. The number of hydrogen-bond donors (Lipinski definition) is 0. The van der Waals surface area contributed by atoms with Gasteiger partial charge < -0.3 is 9.13 Å². The third-order valence-corrected chi connectivity index (χ3v) is 12.9. The van der Waals surface area contributed by atoms with Gasteiger partial charge in [-0.05, 0) is 107 Å². The fourth-order valence-corrected chi connectivity index (χ4v) is 9.59. The maximum atomic E-state index is 14.7. The highest BCUT2D eigenvalue weighted by atomic mass is 19.4. The van der Waals surface area contributed by atoms with E-state index in [4.69, 9.17) is 0 Å². The van der Waals surface area contributed by atoms with Crippen LogP contribution in [0.25, 0.3) is 88.4 Å². The number of rotatable bonds is 5. The summed E-state index contributed by atoms with van der Waals surface area (Å²) in [4.78, 5) is 0. The first-order chi connectivity index (χ1) is 35.4. The number of para-hydroxylation sites is 2. The van der Waals surface area contributed by atoms with Crippen LogP contribution in [0.4, 0.5) is 79.0 Å². The molecule has 0 fully saturated rings. The summed E-state index contributed by atoms with van der Waals surface area (Å²) in [6.07, 6.45) is -31.9. The Balaban J connectivity index is 1.36. The smallest absolute Gasteiger partial charge is 0.307 e. The standard InChI is InChI=1S/C55H25F18N3/c56-50(57,58)31-11-15-35(42(23-31)54(68,69)70)27-9-13-39-37-5-1-3-7-44(37)75(46(39)19-27)48-21-30(26-74)41(29-17-33(52(62,63)64)22-34(18-29)53(65,66)67)25-49(48)76-45-8-4-2-6-38(45)40-14-10-28(20-47(40)76)36-16-12-32(51(59,60)61)24-43(36)55(71,72)73/h1-25H. The molecule has 0 aliphatic heterocycles. The van der Waals surface area contributed by atoms with Crippen LogP contribution in [-0.4, -0.2) is 9.13 Å². The van der Waals surface area contributed by atoms with E-state index < -0.39 is 98.3 Å². The number of hydrogen-bond acceptors (Lipinski definition) is 1. The van der Waals surface area contributed by atoms with E-state index in [-0.39, 0.29) is 73.5 Å².